The number of rotatable bonds is 9. The molecule has 0 heterocycles. The average molecular weight is 258 g/mol. The lowest BCUT2D eigenvalue weighted by atomic mass is 9.84. The van der Waals surface area contributed by atoms with E-state index in [9.17, 15) is 0 Å². The molecule has 4 nitrogen and oxygen atoms in total. The molecular formula is C14H30N2O2. The van der Waals surface area contributed by atoms with Gasteiger partial charge in [0.05, 0.1) is 19.8 Å². The monoisotopic (exact) mass is 258 g/mol. The van der Waals surface area contributed by atoms with Gasteiger partial charge in [-0.1, -0.05) is 19.8 Å². The molecule has 1 fully saturated rings. The fourth-order valence-corrected chi connectivity index (χ4v) is 2.84. The molecule has 2 N–H and O–H groups in total. The number of nitrogens with zero attached hydrogens (tertiary/aromatic N) is 1. The van der Waals surface area contributed by atoms with E-state index in [4.69, 9.17) is 9.84 Å². The lowest BCUT2D eigenvalue weighted by Gasteiger charge is -2.34. The zero-order valence-electron chi connectivity index (χ0n) is 12.0. The molecule has 0 aliphatic heterocycles. The van der Waals surface area contributed by atoms with Crippen molar-refractivity contribution in [3.63, 3.8) is 0 Å². The maximum Gasteiger partial charge on any atom is 0.0698 e. The third-order valence-electron chi connectivity index (χ3n) is 3.77. The second-order valence-electron chi connectivity index (χ2n) is 5.31. The maximum atomic E-state index is 8.64. The van der Waals surface area contributed by atoms with E-state index in [1.165, 1.54) is 25.7 Å². The fraction of sp³-hybridized carbons (Fsp3) is 1.00. The molecule has 0 aromatic carbocycles. The highest BCUT2D eigenvalue weighted by atomic mass is 16.5. The molecule has 0 saturated heterocycles. The summed E-state index contributed by atoms with van der Waals surface area (Å²) in [6.07, 6.45) is 5.42. The number of nitrogens with one attached hydrogen (secondary N) is 1. The number of ether oxygens (including phenoxy) is 1. The smallest absolute Gasteiger partial charge is 0.0698 e. The summed E-state index contributed by atoms with van der Waals surface area (Å²) in [4.78, 5) is 2.36. The summed E-state index contributed by atoms with van der Waals surface area (Å²) in [5, 5.41) is 12.3. The van der Waals surface area contributed by atoms with E-state index in [1.54, 1.807) is 0 Å². The topological polar surface area (TPSA) is 44.7 Å². The quantitative estimate of drug-likeness (QED) is 0.608. The van der Waals surface area contributed by atoms with Gasteiger partial charge in [-0.05, 0) is 32.4 Å². The molecular weight excluding hydrogens is 228 g/mol. The van der Waals surface area contributed by atoms with Crippen LogP contribution in [0.5, 0.6) is 0 Å². The SMILES string of the molecule is CCNC1CCCCC1CN(C)CCOCCO. The van der Waals surface area contributed by atoms with Crippen LogP contribution in [0.25, 0.3) is 0 Å². The highest BCUT2D eigenvalue weighted by Crippen LogP contribution is 2.24. The molecule has 1 saturated carbocycles. The first-order valence-corrected chi connectivity index (χ1v) is 7.38. The zero-order valence-corrected chi connectivity index (χ0v) is 12.0. The number of likely N-dealkylation sites (N-methyl/N-ethyl adjacent to an activating group) is 1. The Morgan fingerprint density at radius 1 is 1.28 bits per heavy atom. The number of hydrogen-bond acceptors (Lipinski definition) is 4. The molecule has 0 radical (unpaired) electrons. The predicted molar refractivity (Wildman–Crippen MR) is 74.8 cm³/mol. The molecule has 4 heteroatoms. The molecule has 2 unspecified atom stereocenters. The van der Waals surface area contributed by atoms with Gasteiger partial charge in [0.25, 0.3) is 0 Å². The fourth-order valence-electron chi connectivity index (χ4n) is 2.84. The van der Waals surface area contributed by atoms with Gasteiger partial charge in [0.2, 0.25) is 0 Å². The normalized spacial score (nSPS) is 24.7. The van der Waals surface area contributed by atoms with Crippen LogP contribution in [0.15, 0.2) is 0 Å². The molecule has 0 bridgehead atoms. The van der Waals surface area contributed by atoms with Crippen LogP contribution in [0, 0.1) is 5.92 Å². The molecule has 0 amide bonds. The molecule has 2 atom stereocenters. The van der Waals surface area contributed by atoms with E-state index in [-0.39, 0.29) is 6.61 Å². The van der Waals surface area contributed by atoms with E-state index >= 15 is 0 Å². The molecule has 0 aromatic heterocycles. The van der Waals surface area contributed by atoms with Crippen LogP contribution in [0.4, 0.5) is 0 Å². The largest absolute Gasteiger partial charge is 0.394 e. The van der Waals surface area contributed by atoms with Gasteiger partial charge in [0, 0.05) is 19.1 Å². The minimum atomic E-state index is 0.120. The summed E-state index contributed by atoms with van der Waals surface area (Å²) < 4.78 is 5.31. The second-order valence-corrected chi connectivity index (χ2v) is 5.31. The van der Waals surface area contributed by atoms with Gasteiger partial charge < -0.3 is 20.1 Å². The summed E-state index contributed by atoms with van der Waals surface area (Å²) >= 11 is 0. The van der Waals surface area contributed by atoms with E-state index in [1.807, 2.05) is 0 Å². The van der Waals surface area contributed by atoms with Crippen LogP contribution in [0.2, 0.25) is 0 Å². The van der Waals surface area contributed by atoms with Gasteiger partial charge in [-0.3, -0.25) is 0 Å². The first kappa shape index (κ1) is 15.9. The highest BCUT2D eigenvalue weighted by Gasteiger charge is 2.24. The van der Waals surface area contributed by atoms with Crippen LogP contribution >= 0.6 is 0 Å². The Balaban J connectivity index is 2.20. The van der Waals surface area contributed by atoms with Gasteiger partial charge in [-0.2, -0.15) is 0 Å². The first-order chi connectivity index (χ1) is 8.77. The van der Waals surface area contributed by atoms with Crippen molar-refractivity contribution >= 4 is 0 Å². The number of aliphatic hydroxyl groups is 1. The lowest BCUT2D eigenvalue weighted by molar-refractivity contribution is 0.0723. The third kappa shape index (κ3) is 6.14. The van der Waals surface area contributed by atoms with Crippen LogP contribution in [0.1, 0.15) is 32.6 Å². The standard InChI is InChI=1S/C14H30N2O2/c1-3-15-14-7-5-4-6-13(14)12-16(2)8-10-18-11-9-17/h13-15,17H,3-12H2,1-2H3. The van der Waals surface area contributed by atoms with Crippen LogP contribution in [-0.2, 0) is 4.74 Å². The van der Waals surface area contributed by atoms with E-state index < -0.39 is 0 Å². The Bertz CT molecular complexity index is 200. The Hall–Kier alpha value is -0.160. The summed E-state index contributed by atoms with van der Waals surface area (Å²) in [5.41, 5.74) is 0. The Morgan fingerprint density at radius 2 is 2.06 bits per heavy atom. The van der Waals surface area contributed by atoms with E-state index in [0.29, 0.717) is 12.6 Å². The summed E-state index contributed by atoms with van der Waals surface area (Å²) in [6, 6.07) is 0.699. The zero-order chi connectivity index (χ0) is 13.2. The van der Waals surface area contributed by atoms with Crippen molar-refractivity contribution in [3.05, 3.63) is 0 Å². The summed E-state index contributed by atoms with van der Waals surface area (Å²) in [6.45, 7) is 6.67. The van der Waals surface area contributed by atoms with Crippen LogP contribution in [0.3, 0.4) is 0 Å². The minimum Gasteiger partial charge on any atom is -0.394 e. The van der Waals surface area contributed by atoms with E-state index in [0.717, 1.165) is 32.2 Å². The first-order valence-electron chi connectivity index (χ1n) is 7.38. The highest BCUT2D eigenvalue weighted by molar-refractivity contribution is 4.82. The average Bonchev–Trinajstić information content (AvgIpc) is 2.37. The van der Waals surface area contributed by atoms with Crippen molar-refractivity contribution in [2.24, 2.45) is 5.92 Å². The molecule has 1 rings (SSSR count). The molecule has 18 heavy (non-hydrogen) atoms. The van der Waals surface area contributed by atoms with E-state index in [2.05, 4.69) is 24.2 Å². The van der Waals surface area contributed by atoms with Crippen molar-refractivity contribution in [3.8, 4) is 0 Å². The molecule has 0 aromatic rings. The Morgan fingerprint density at radius 3 is 2.78 bits per heavy atom. The molecule has 1 aliphatic carbocycles. The predicted octanol–water partition coefficient (Wildman–Crippen LogP) is 1.10. The molecule has 1 aliphatic rings. The van der Waals surface area contributed by atoms with Crippen LogP contribution < -0.4 is 5.32 Å². The van der Waals surface area contributed by atoms with Crippen LogP contribution in [-0.4, -0.2) is 62.6 Å². The minimum absolute atomic E-state index is 0.120. The molecule has 0 spiro atoms. The van der Waals surface area contributed by atoms with Crippen molar-refractivity contribution < 1.29 is 9.84 Å². The van der Waals surface area contributed by atoms with Gasteiger partial charge in [-0.25, -0.2) is 0 Å². The Kier molecular flexibility index (Phi) is 8.59. The van der Waals surface area contributed by atoms with Gasteiger partial charge in [0.15, 0.2) is 0 Å². The number of aliphatic hydroxyl groups excluding tert-OH is 1. The van der Waals surface area contributed by atoms with Gasteiger partial charge in [-0.15, -0.1) is 0 Å². The third-order valence-corrected chi connectivity index (χ3v) is 3.77. The van der Waals surface area contributed by atoms with Crippen molar-refractivity contribution in [1.29, 1.82) is 0 Å². The van der Waals surface area contributed by atoms with Crippen molar-refractivity contribution in [2.75, 3.05) is 46.5 Å². The second kappa shape index (κ2) is 9.73. The maximum absolute atomic E-state index is 8.64. The summed E-state index contributed by atoms with van der Waals surface area (Å²) in [7, 11) is 2.17. The van der Waals surface area contributed by atoms with Gasteiger partial charge in [0.1, 0.15) is 0 Å². The van der Waals surface area contributed by atoms with Crippen molar-refractivity contribution in [2.45, 2.75) is 38.6 Å². The Labute approximate surface area is 112 Å². The summed E-state index contributed by atoms with van der Waals surface area (Å²) in [5.74, 6) is 0.779. The number of hydrogen-bond donors (Lipinski definition) is 2. The van der Waals surface area contributed by atoms with Crippen molar-refractivity contribution in [1.82, 2.24) is 10.2 Å². The van der Waals surface area contributed by atoms with Gasteiger partial charge >= 0.3 is 0 Å². The lowest BCUT2D eigenvalue weighted by Crippen LogP contribution is -2.43. The molecule has 108 valence electrons.